The van der Waals surface area contributed by atoms with Crippen LogP contribution >= 0.6 is 15.9 Å². The normalized spacial score (nSPS) is 10.5. The molecule has 2 aromatic rings. The molecular weight excluding hydrogens is 282 g/mol. The summed E-state index contributed by atoms with van der Waals surface area (Å²) < 4.78 is 2.67. The summed E-state index contributed by atoms with van der Waals surface area (Å²) in [6.45, 7) is 2.59. The summed E-state index contributed by atoms with van der Waals surface area (Å²) in [7, 11) is 1.89. The minimum Gasteiger partial charge on any atom is -0.397 e. The maximum absolute atomic E-state index is 5.76. The van der Waals surface area contributed by atoms with Gasteiger partial charge in [0.2, 0.25) is 0 Å². The van der Waals surface area contributed by atoms with Crippen LogP contribution in [0.2, 0.25) is 0 Å². The second-order valence-electron chi connectivity index (χ2n) is 3.84. The Hall–Kier alpha value is -1.56. The number of nitrogens with zero attached hydrogens (tertiary/aromatic N) is 3. The van der Waals surface area contributed by atoms with Crippen molar-refractivity contribution >= 4 is 27.4 Å². The van der Waals surface area contributed by atoms with E-state index in [0.717, 1.165) is 21.5 Å². The molecule has 0 atom stereocenters. The summed E-state index contributed by atoms with van der Waals surface area (Å²) >= 11 is 3.48. The highest BCUT2D eigenvalue weighted by atomic mass is 79.9. The van der Waals surface area contributed by atoms with Crippen LogP contribution < -0.4 is 11.1 Å². The zero-order valence-corrected chi connectivity index (χ0v) is 11.3. The molecule has 0 saturated heterocycles. The van der Waals surface area contributed by atoms with Crippen LogP contribution in [-0.4, -0.2) is 14.8 Å². The molecule has 90 valence electrons. The van der Waals surface area contributed by atoms with Crippen molar-refractivity contribution < 1.29 is 0 Å². The topological polar surface area (TPSA) is 68.8 Å². The molecule has 5 nitrogen and oxygen atoms in total. The Kier molecular flexibility index (Phi) is 3.33. The van der Waals surface area contributed by atoms with E-state index in [1.54, 1.807) is 10.9 Å². The van der Waals surface area contributed by atoms with Gasteiger partial charge in [0, 0.05) is 13.2 Å². The van der Waals surface area contributed by atoms with Crippen molar-refractivity contribution in [2.45, 2.75) is 13.5 Å². The number of nitrogens with two attached hydrogens (primary N) is 1. The monoisotopic (exact) mass is 295 g/mol. The lowest BCUT2D eigenvalue weighted by molar-refractivity contribution is 0.747. The van der Waals surface area contributed by atoms with Gasteiger partial charge in [-0.05, 0) is 34.5 Å². The first-order chi connectivity index (χ1) is 8.08. The molecule has 0 aliphatic heterocycles. The average Bonchev–Trinajstić information content (AvgIpc) is 2.71. The summed E-state index contributed by atoms with van der Waals surface area (Å²) in [4.78, 5) is 4.24. The zero-order valence-electron chi connectivity index (χ0n) is 9.74. The molecule has 0 aliphatic carbocycles. The zero-order chi connectivity index (χ0) is 12.4. The minimum atomic E-state index is 0.635. The van der Waals surface area contributed by atoms with E-state index in [9.17, 15) is 0 Å². The van der Waals surface area contributed by atoms with Crippen molar-refractivity contribution in [1.29, 1.82) is 0 Å². The van der Waals surface area contributed by atoms with Gasteiger partial charge in [-0.1, -0.05) is 0 Å². The number of pyridine rings is 1. The Bertz CT molecular complexity index is 535. The van der Waals surface area contributed by atoms with Gasteiger partial charge in [0.25, 0.3) is 0 Å². The average molecular weight is 296 g/mol. The van der Waals surface area contributed by atoms with Gasteiger partial charge in [0.05, 0.1) is 28.6 Å². The number of anilines is 2. The molecule has 17 heavy (non-hydrogen) atoms. The molecule has 0 aliphatic rings. The largest absolute Gasteiger partial charge is 0.397 e. The molecule has 0 amide bonds. The molecule has 6 heteroatoms. The van der Waals surface area contributed by atoms with Crippen molar-refractivity contribution in [3.8, 4) is 0 Å². The third kappa shape index (κ3) is 2.58. The molecule has 0 fully saturated rings. The Balaban J connectivity index is 2.12. The van der Waals surface area contributed by atoms with Crippen molar-refractivity contribution in [3.05, 3.63) is 34.2 Å². The van der Waals surface area contributed by atoms with E-state index in [0.29, 0.717) is 12.2 Å². The Labute approximate surface area is 108 Å². The molecule has 0 aromatic carbocycles. The molecule has 2 rings (SSSR count). The van der Waals surface area contributed by atoms with E-state index >= 15 is 0 Å². The van der Waals surface area contributed by atoms with Crippen LogP contribution in [-0.2, 0) is 13.6 Å². The number of nitrogen functional groups attached to an aromatic ring is 1. The predicted octanol–water partition coefficient (Wildman–Crippen LogP) is 2.08. The van der Waals surface area contributed by atoms with Gasteiger partial charge in [0.15, 0.2) is 0 Å². The number of hydrogen-bond acceptors (Lipinski definition) is 4. The van der Waals surface area contributed by atoms with Gasteiger partial charge < -0.3 is 11.1 Å². The maximum Gasteiger partial charge on any atom is 0.141 e. The molecule has 0 unspecified atom stereocenters. The molecule has 3 N–H and O–H groups in total. The first-order valence-corrected chi connectivity index (χ1v) is 6.00. The van der Waals surface area contributed by atoms with Crippen molar-refractivity contribution in [2.24, 2.45) is 7.05 Å². The van der Waals surface area contributed by atoms with Gasteiger partial charge in [-0.15, -0.1) is 0 Å². The first-order valence-electron chi connectivity index (χ1n) is 5.21. The van der Waals surface area contributed by atoms with Gasteiger partial charge in [-0.2, -0.15) is 5.10 Å². The van der Waals surface area contributed by atoms with Gasteiger partial charge in [0.1, 0.15) is 5.82 Å². The number of aromatic nitrogens is 3. The molecule has 0 spiro atoms. The van der Waals surface area contributed by atoms with Gasteiger partial charge in [-0.25, -0.2) is 4.98 Å². The quantitative estimate of drug-likeness (QED) is 0.910. The fourth-order valence-corrected chi connectivity index (χ4v) is 1.92. The van der Waals surface area contributed by atoms with E-state index in [1.165, 1.54) is 0 Å². The van der Waals surface area contributed by atoms with Crippen LogP contribution in [0.3, 0.4) is 0 Å². The van der Waals surface area contributed by atoms with Gasteiger partial charge >= 0.3 is 0 Å². The predicted molar refractivity (Wildman–Crippen MR) is 71.6 cm³/mol. The number of aryl methyl sites for hydroxylation is 1. The summed E-state index contributed by atoms with van der Waals surface area (Å²) in [6, 6.07) is 1.96. The second kappa shape index (κ2) is 4.75. The highest BCUT2D eigenvalue weighted by Crippen LogP contribution is 2.27. The third-order valence-corrected chi connectivity index (χ3v) is 3.48. The van der Waals surface area contributed by atoms with Crippen molar-refractivity contribution in [2.75, 3.05) is 11.1 Å². The number of halogens is 1. The van der Waals surface area contributed by atoms with E-state index in [1.807, 2.05) is 26.2 Å². The minimum absolute atomic E-state index is 0.635. The number of nitrogens with one attached hydrogen (secondary N) is 1. The Morgan fingerprint density at radius 2 is 2.29 bits per heavy atom. The lowest BCUT2D eigenvalue weighted by Crippen LogP contribution is -2.05. The highest BCUT2D eigenvalue weighted by Gasteiger charge is 2.07. The van der Waals surface area contributed by atoms with E-state index < -0.39 is 0 Å². The molecule has 0 radical (unpaired) electrons. The molecular formula is C11H14BrN5. The lowest BCUT2D eigenvalue weighted by atomic mass is 10.2. The SMILES string of the molecule is Cc1c(N)cnc(NCc2ccn(C)n2)c1Br. The van der Waals surface area contributed by atoms with Crippen molar-refractivity contribution in [1.82, 2.24) is 14.8 Å². The maximum atomic E-state index is 5.76. The van der Waals surface area contributed by atoms with Crippen LogP contribution in [0, 0.1) is 6.92 Å². The molecule has 2 heterocycles. The van der Waals surface area contributed by atoms with Crippen LogP contribution in [0.25, 0.3) is 0 Å². The van der Waals surface area contributed by atoms with Gasteiger partial charge in [-0.3, -0.25) is 4.68 Å². The Morgan fingerprint density at radius 1 is 1.53 bits per heavy atom. The summed E-state index contributed by atoms with van der Waals surface area (Å²) in [5, 5.41) is 7.50. The van der Waals surface area contributed by atoms with Crippen molar-refractivity contribution in [3.63, 3.8) is 0 Å². The lowest BCUT2D eigenvalue weighted by Gasteiger charge is -2.09. The fraction of sp³-hybridized carbons (Fsp3) is 0.273. The smallest absolute Gasteiger partial charge is 0.141 e. The molecule has 2 aromatic heterocycles. The standard InChI is InChI=1S/C11H14BrN5/c1-7-9(13)6-15-11(10(7)12)14-5-8-3-4-17(2)16-8/h3-4,6H,5,13H2,1-2H3,(H,14,15). The second-order valence-corrected chi connectivity index (χ2v) is 4.63. The number of hydrogen-bond donors (Lipinski definition) is 2. The van der Waals surface area contributed by atoms with Crippen LogP contribution in [0.1, 0.15) is 11.3 Å². The van der Waals surface area contributed by atoms with Crippen LogP contribution in [0.5, 0.6) is 0 Å². The van der Waals surface area contributed by atoms with Crippen LogP contribution in [0.15, 0.2) is 22.9 Å². The van der Waals surface area contributed by atoms with E-state index in [-0.39, 0.29) is 0 Å². The molecule has 0 bridgehead atoms. The summed E-state index contributed by atoms with van der Waals surface area (Å²) in [6.07, 6.45) is 3.56. The van der Waals surface area contributed by atoms with E-state index in [4.69, 9.17) is 5.73 Å². The van der Waals surface area contributed by atoms with E-state index in [2.05, 4.69) is 31.3 Å². The fourth-order valence-electron chi connectivity index (χ4n) is 1.45. The highest BCUT2D eigenvalue weighted by molar-refractivity contribution is 9.10. The third-order valence-electron chi connectivity index (χ3n) is 2.51. The summed E-state index contributed by atoms with van der Waals surface area (Å²) in [5.41, 5.74) is 8.40. The molecule has 0 saturated carbocycles. The summed E-state index contributed by atoms with van der Waals surface area (Å²) in [5.74, 6) is 0.780. The number of rotatable bonds is 3. The first kappa shape index (κ1) is 11.9. The Morgan fingerprint density at radius 3 is 2.94 bits per heavy atom. The van der Waals surface area contributed by atoms with Crippen LogP contribution in [0.4, 0.5) is 11.5 Å².